The molecular formula is C16H26N2O. The lowest BCUT2D eigenvalue weighted by atomic mass is 10.0. The van der Waals surface area contributed by atoms with Crippen LogP contribution in [0.1, 0.15) is 33.3 Å². The van der Waals surface area contributed by atoms with E-state index in [0.29, 0.717) is 5.92 Å². The second-order valence-corrected chi connectivity index (χ2v) is 6.74. The predicted molar refractivity (Wildman–Crippen MR) is 80.9 cm³/mol. The van der Waals surface area contributed by atoms with Crippen molar-refractivity contribution in [3.63, 3.8) is 0 Å². The summed E-state index contributed by atoms with van der Waals surface area (Å²) in [6.45, 7) is 12.4. The van der Waals surface area contributed by atoms with E-state index in [0.717, 1.165) is 18.8 Å². The molecule has 1 aliphatic rings. The lowest BCUT2D eigenvalue weighted by Crippen LogP contribution is -2.51. The van der Waals surface area contributed by atoms with E-state index < -0.39 is 0 Å². The number of nitrogens with two attached hydrogens (primary N) is 1. The van der Waals surface area contributed by atoms with Gasteiger partial charge in [0.25, 0.3) is 0 Å². The summed E-state index contributed by atoms with van der Waals surface area (Å²) in [5.74, 6) is 1.48. The molecule has 1 aromatic rings. The van der Waals surface area contributed by atoms with E-state index in [2.05, 4.69) is 57.7 Å². The largest absolute Gasteiger partial charge is 0.486 e. The molecule has 1 atom stereocenters. The Balaban J connectivity index is 2.33. The van der Waals surface area contributed by atoms with Crippen molar-refractivity contribution in [2.75, 3.05) is 18.0 Å². The number of aryl methyl sites for hydroxylation is 1. The van der Waals surface area contributed by atoms with Crippen molar-refractivity contribution in [3.05, 3.63) is 23.8 Å². The molecule has 0 bridgehead atoms. The van der Waals surface area contributed by atoms with Crippen molar-refractivity contribution >= 4 is 5.69 Å². The average molecular weight is 262 g/mol. The van der Waals surface area contributed by atoms with E-state index in [-0.39, 0.29) is 11.6 Å². The van der Waals surface area contributed by atoms with Gasteiger partial charge in [0.05, 0.1) is 12.2 Å². The maximum absolute atomic E-state index is 6.20. The first-order chi connectivity index (χ1) is 8.76. The van der Waals surface area contributed by atoms with Crippen LogP contribution in [-0.4, -0.2) is 24.7 Å². The van der Waals surface area contributed by atoms with E-state index in [9.17, 15) is 0 Å². The molecule has 0 saturated carbocycles. The fourth-order valence-corrected chi connectivity index (χ4v) is 2.48. The Morgan fingerprint density at radius 2 is 2.11 bits per heavy atom. The molecule has 1 unspecified atom stereocenters. The monoisotopic (exact) mass is 262 g/mol. The van der Waals surface area contributed by atoms with Gasteiger partial charge in [-0.3, -0.25) is 0 Å². The molecule has 0 fully saturated rings. The Kier molecular flexibility index (Phi) is 3.77. The summed E-state index contributed by atoms with van der Waals surface area (Å²) in [5.41, 5.74) is 8.42. The number of ether oxygens (including phenoxy) is 1. The lowest BCUT2D eigenvalue weighted by Gasteiger charge is -2.40. The van der Waals surface area contributed by atoms with Crippen LogP contribution in [0.3, 0.4) is 0 Å². The van der Waals surface area contributed by atoms with Gasteiger partial charge < -0.3 is 15.4 Å². The van der Waals surface area contributed by atoms with Gasteiger partial charge in [-0.2, -0.15) is 0 Å². The highest BCUT2D eigenvalue weighted by atomic mass is 16.5. The minimum atomic E-state index is -0.208. The lowest BCUT2D eigenvalue weighted by molar-refractivity contribution is 0.144. The molecule has 0 radical (unpaired) electrons. The molecule has 1 heterocycles. The van der Waals surface area contributed by atoms with Crippen LogP contribution in [0, 0.1) is 12.8 Å². The molecule has 0 aromatic heterocycles. The highest BCUT2D eigenvalue weighted by molar-refractivity contribution is 5.62. The second-order valence-electron chi connectivity index (χ2n) is 6.74. The maximum atomic E-state index is 6.20. The van der Waals surface area contributed by atoms with Crippen LogP contribution in [0.25, 0.3) is 0 Å². The van der Waals surface area contributed by atoms with Crippen LogP contribution in [-0.2, 0) is 0 Å². The van der Waals surface area contributed by atoms with Gasteiger partial charge in [0.2, 0.25) is 0 Å². The minimum absolute atomic E-state index is 0.208. The normalized spacial score (nSPS) is 19.3. The first-order valence-electron chi connectivity index (χ1n) is 7.07. The zero-order valence-corrected chi connectivity index (χ0v) is 12.7. The Hall–Kier alpha value is -1.22. The molecule has 1 aromatic carbocycles. The summed E-state index contributed by atoms with van der Waals surface area (Å²) >= 11 is 0. The summed E-state index contributed by atoms with van der Waals surface area (Å²) in [5, 5.41) is 0. The van der Waals surface area contributed by atoms with E-state index in [1.165, 1.54) is 11.3 Å². The van der Waals surface area contributed by atoms with Crippen molar-refractivity contribution < 1.29 is 4.74 Å². The maximum Gasteiger partial charge on any atom is 0.143 e. The molecule has 2 N–H and O–H groups in total. The quantitative estimate of drug-likeness (QED) is 0.910. The van der Waals surface area contributed by atoms with Crippen LogP contribution >= 0.6 is 0 Å². The van der Waals surface area contributed by atoms with Gasteiger partial charge in [-0.1, -0.05) is 19.9 Å². The summed E-state index contributed by atoms with van der Waals surface area (Å²) in [4.78, 5) is 2.37. The third-order valence-corrected chi connectivity index (χ3v) is 3.48. The summed E-state index contributed by atoms with van der Waals surface area (Å²) < 4.78 is 6.11. The number of nitrogens with zero attached hydrogens (tertiary/aromatic N) is 1. The van der Waals surface area contributed by atoms with Gasteiger partial charge >= 0.3 is 0 Å². The molecule has 2 rings (SSSR count). The highest BCUT2D eigenvalue weighted by Gasteiger charge is 2.30. The zero-order valence-electron chi connectivity index (χ0n) is 12.7. The first kappa shape index (κ1) is 14.2. The third-order valence-electron chi connectivity index (χ3n) is 3.48. The van der Waals surface area contributed by atoms with Crippen LogP contribution in [0.15, 0.2) is 18.2 Å². The van der Waals surface area contributed by atoms with Gasteiger partial charge in [0.15, 0.2) is 0 Å². The number of hydrogen-bond donors (Lipinski definition) is 1. The Morgan fingerprint density at radius 1 is 1.42 bits per heavy atom. The van der Waals surface area contributed by atoms with Crippen molar-refractivity contribution in [2.24, 2.45) is 11.7 Å². The summed E-state index contributed by atoms with van der Waals surface area (Å²) in [7, 11) is 0. The molecule has 106 valence electrons. The Bertz CT molecular complexity index is 449. The van der Waals surface area contributed by atoms with Crippen molar-refractivity contribution in [1.82, 2.24) is 0 Å². The highest BCUT2D eigenvalue weighted by Crippen LogP contribution is 2.36. The average Bonchev–Trinajstić information content (AvgIpc) is 2.27. The van der Waals surface area contributed by atoms with Crippen molar-refractivity contribution in [2.45, 2.75) is 46.3 Å². The van der Waals surface area contributed by atoms with E-state index >= 15 is 0 Å². The smallest absolute Gasteiger partial charge is 0.143 e. The predicted octanol–water partition coefficient (Wildman–Crippen LogP) is 2.96. The summed E-state index contributed by atoms with van der Waals surface area (Å²) in [6.07, 6.45) is 0.234. The minimum Gasteiger partial charge on any atom is -0.486 e. The van der Waals surface area contributed by atoms with Crippen LogP contribution in [0.2, 0.25) is 0 Å². The van der Waals surface area contributed by atoms with E-state index in [1.807, 2.05) is 0 Å². The molecule has 0 spiro atoms. The number of hydrogen-bond acceptors (Lipinski definition) is 3. The van der Waals surface area contributed by atoms with Gasteiger partial charge in [-0.25, -0.2) is 0 Å². The van der Waals surface area contributed by atoms with Gasteiger partial charge in [0, 0.05) is 12.1 Å². The van der Waals surface area contributed by atoms with E-state index in [4.69, 9.17) is 10.5 Å². The van der Waals surface area contributed by atoms with Gasteiger partial charge in [-0.05, 0) is 44.4 Å². The molecule has 3 nitrogen and oxygen atoms in total. The zero-order chi connectivity index (χ0) is 14.2. The first-order valence-corrected chi connectivity index (χ1v) is 7.07. The number of fused-ring (bicyclic) bond motifs is 1. The van der Waals surface area contributed by atoms with Crippen molar-refractivity contribution in [1.29, 1.82) is 0 Å². The van der Waals surface area contributed by atoms with Crippen LogP contribution in [0.4, 0.5) is 5.69 Å². The fourth-order valence-electron chi connectivity index (χ4n) is 2.48. The molecule has 19 heavy (non-hydrogen) atoms. The fraction of sp³-hybridized carbons (Fsp3) is 0.625. The number of benzene rings is 1. The molecule has 0 amide bonds. The molecule has 0 saturated heterocycles. The number of anilines is 1. The molecule has 3 heteroatoms. The third kappa shape index (κ3) is 3.41. The second kappa shape index (κ2) is 5.04. The molecular weight excluding hydrogens is 236 g/mol. The Morgan fingerprint density at radius 3 is 2.68 bits per heavy atom. The molecule has 0 aliphatic carbocycles. The van der Waals surface area contributed by atoms with Crippen molar-refractivity contribution in [3.8, 4) is 5.75 Å². The van der Waals surface area contributed by atoms with Crippen LogP contribution in [0.5, 0.6) is 5.75 Å². The standard InChI is InChI=1S/C16H26N2O/c1-11(2)15-9-18(10-16(4,5)17)13-8-12(3)6-7-14(13)19-15/h6-8,11,15H,9-10,17H2,1-5H3. The summed E-state index contributed by atoms with van der Waals surface area (Å²) in [6, 6.07) is 6.38. The van der Waals surface area contributed by atoms with Crippen LogP contribution < -0.4 is 15.4 Å². The molecule has 1 aliphatic heterocycles. The van der Waals surface area contributed by atoms with E-state index in [1.54, 1.807) is 0 Å². The number of rotatable bonds is 3. The Labute approximate surface area is 116 Å². The topological polar surface area (TPSA) is 38.5 Å². The van der Waals surface area contributed by atoms with Gasteiger partial charge in [0.1, 0.15) is 11.9 Å². The SMILES string of the molecule is Cc1ccc2c(c1)N(CC(C)(C)N)CC(C(C)C)O2. The van der Waals surface area contributed by atoms with Gasteiger partial charge in [-0.15, -0.1) is 0 Å².